The number of nitrogens with zero attached hydrogens (tertiary/aromatic N) is 2. The molecule has 0 aliphatic rings. The van der Waals surface area contributed by atoms with Gasteiger partial charge in [-0.2, -0.15) is 5.10 Å². The van der Waals surface area contributed by atoms with Gasteiger partial charge in [0.05, 0.1) is 16.4 Å². The van der Waals surface area contributed by atoms with E-state index in [4.69, 9.17) is 23.2 Å². The van der Waals surface area contributed by atoms with Gasteiger partial charge in [0.1, 0.15) is 0 Å². The van der Waals surface area contributed by atoms with Crippen LogP contribution in [0.25, 0.3) is 5.69 Å². The first kappa shape index (κ1) is 13.4. The molecular formula is C13H15Cl2N3. The summed E-state index contributed by atoms with van der Waals surface area (Å²) in [7, 11) is 0. The van der Waals surface area contributed by atoms with E-state index in [1.165, 1.54) is 0 Å². The van der Waals surface area contributed by atoms with Gasteiger partial charge in [-0.05, 0) is 25.6 Å². The SMILES string of the molecule is CCNCc1c(Cl)cccc1-n1cc(Cl)c(C)n1. The second-order valence-electron chi connectivity index (χ2n) is 4.02. The van der Waals surface area contributed by atoms with E-state index in [9.17, 15) is 0 Å². The highest BCUT2D eigenvalue weighted by atomic mass is 35.5. The van der Waals surface area contributed by atoms with E-state index in [0.717, 1.165) is 28.5 Å². The van der Waals surface area contributed by atoms with Crippen molar-refractivity contribution in [2.75, 3.05) is 6.54 Å². The van der Waals surface area contributed by atoms with Gasteiger partial charge in [0.25, 0.3) is 0 Å². The average molecular weight is 284 g/mol. The Morgan fingerprint density at radius 2 is 2.06 bits per heavy atom. The molecule has 2 rings (SSSR count). The van der Waals surface area contributed by atoms with E-state index in [1.54, 1.807) is 10.9 Å². The van der Waals surface area contributed by atoms with Gasteiger partial charge in [0.2, 0.25) is 0 Å². The maximum Gasteiger partial charge on any atom is 0.0819 e. The van der Waals surface area contributed by atoms with Crippen molar-refractivity contribution in [1.29, 1.82) is 0 Å². The molecule has 5 heteroatoms. The summed E-state index contributed by atoms with van der Waals surface area (Å²) in [4.78, 5) is 0. The fourth-order valence-electron chi connectivity index (χ4n) is 1.75. The first-order chi connectivity index (χ1) is 8.63. The minimum Gasteiger partial charge on any atom is -0.313 e. The van der Waals surface area contributed by atoms with E-state index in [-0.39, 0.29) is 0 Å². The molecule has 0 bridgehead atoms. The molecule has 1 heterocycles. The molecule has 1 aromatic carbocycles. The summed E-state index contributed by atoms with van der Waals surface area (Å²) in [5, 5.41) is 9.06. The topological polar surface area (TPSA) is 29.9 Å². The molecule has 96 valence electrons. The zero-order valence-corrected chi connectivity index (χ0v) is 11.9. The molecule has 0 spiro atoms. The summed E-state index contributed by atoms with van der Waals surface area (Å²) in [6, 6.07) is 5.79. The average Bonchev–Trinajstić information content (AvgIpc) is 2.68. The van der Waals surface area contributed by atoms with Gasteiger partial charge in [0, 0.05) is 23.3 Å². The third kappa shape index (κ3) is 2.69. The number of hydrogen-bond acceptors (Lipinski definition) is 2. The predicted molar refractivity (Wildman–Crippen MR) is 75.7 cm³/mol. The molecule has 0 unspecified atom stereocenters. The minimum atomic E-state index is 0.657. The monoisotopic (exact) mass is 283 g/mol. The van der Waals surface area contributed by atoms with Crippen molar-refractivity contribution in [3.63, 3.8) is 0 Å². The van der Waals surface area contributed by atoms with Gasteiger partial charge in [0.15, 0.2) is 0 Å². The molecule has 0 amide bonds. The summed E-state index contributed by atoms with van der Waals surface area (Å²) >= 11 is 12.3. The van der Waals surface area contributed by atoms with Crippen molar-refractivity contribution in [3.05, 3.63) is 45.7 Å². The lowest BCUT2D eigenvalue weighted by atomic mass is 10.1. The highest BCUT2D eigenvalue weighted by Gasteiger charge is 2.11. The van der Waals surface area contributed by atoms with Crippen LogP contribution in [0.5, 0.6) is 0 Å². The lowest BCUT2D eigenvalue weighted by Gasteiger charge is -2.11. The van der Waals surface area contributed by atoms with Gasteiger partial charge < -0.3 is 5.32 Å². The number of aryl methyl sites for hydroxylation is 1. The Morgan fingerprint density at radius 3 is 2.67 bits per heavy atom. The lowest BCUT2D eigenvalue weighted by Crippen LogP contribution is -2.14. The highest BCUT2D eigenvalue weighted by molar-refractivity contribution is 6.31. The number of rotatable bonds is 4. The fraction of sp³-hybridized carbons (Fsp3) is 0.308. The Hall–Kier alpha value is -1.03. The maximum atomic E-state index is 6.25. The van der Waals surface area contributed by atoms with Crippen LogP contribution in [0.3, 0.4) is 0 Å². The third-order valence-corrected chi connectivity index (χ3v) is 3.46. The van der Waals surface area contributed by atoms with Crippen LogP contribution in [0.1, 0.15) is 18.2 Å². The van der Waals surface area contributed by atoms with E-state index in [2.05, 4.69) is 17.3 Å². The Labute approximate surface area is 117 Å². The van der Waals surface area contributed by atoms with Crippen LogP contribution in [-0.4, -0.2) is 16.3 Å². The number of hydrogen-bond donors (Lipinski definition) is 1. The summed E-state index contributed by atoms with van der Waals surface area (Å²) in [5.41, 5.74) is 2.80. The highest BCUT2D eigenvalue weighted by Crippen LogP contribution is 2.24. The first-order valence-electron chi connectivity index (χ1n) is 5.83. The normalized spacial score (nSPS) is 10.9. The molecule has 3 nitrogen and oxygen atoms in total. The Kier molecular flexibility index (Phi) is 4.27. The van der Waals surface area contributed by atoms with Crippen LogP contribution in [-0.2, 0) is 6.54 Å². The smallest absolute Gasteiger partial charge is 0.0819 e. The van der Waals surface area contributed by atoms with Gasteiger partial charge >= 0.3 is 0 Å². The summed E-state index contributed by atoms with van der Waals surface area (Å²) < 4.78 is 1.77. The molecule has 0 saturated carbocycles. The van der Waals surface area contributed by atoms with Crippen LogP contribution in [0.2, 0.25) is 10.0 Å². The second kappa shape index (κ2) is 5.74. The maximum absolute atomic E-state index is 6.25. The molecular weight excluding hydrogens is 269 g/mol. The predicted octanol–water partition coefficient (Wildman–Crippen LogP) is 3.60. The van der Waals surface area contributed by atoms with Crippen molar-refractivity contribution in [1.82, 2.24) is 15.1 Å². The van der Waals surface area contributed by atoms with Gasteiger partial charge in [-0.15, -0.1) is 0 Å². The Bertz CT molecular complexity index is 530. The van der Waals surface area contributed by atoms with Crippen LogP contribution < -0.4 is 5.32 Å². The van der Waals surface area contributed by atoms with Crippen molar-refractivity contribution in [2.45, 2.75) is 20.4 Å². The first-order valence-corrected chi connectivity index (χ1v) is 6.59. The number of benzene rings is 1. The second-order valence-corrected chi connectivity index (χ2v) is 4.84. The minimum absolute atomic E-state index is 0.657. The molecule has 2 aromatic rings. The standard InChI is InChI=1S/C13H15Cl2N3/c1-3-16-7-10-11(14)5-4-6-13(10)18-8-12(15)9(2)17-18/h4-6,8,16H,3,7H2,1-2H3. The van der Waals surface area contributed by atoms with E-state index >= 15 is 0 Å². The number of halogens is 2. The Morgan fingerprint density at radius 1 is 1.28 bits per heavy atom. The van der Waals surface area contributed by atoms with Gasteiger partial charge in [-0.1, -0.05) is 36.2 Å². The van der Waals surface area contributed by atoms with E-state index in [0.29, 0.717) is 11.6 Å². The Balaban J connectivity index is 2.46. The molecule has 0 atom stereocenters. The van der Waals surface area contributed by atoms with Crippen LogP contribution in [0.4, 0.5) is 0 Å². The molecule has 1 N–H and O–H groups in total. The van der Waals surface area contributed by atoms with Gasteiger partial charge in [-0.25, -0.2) is 4.68 Å². The van der Waals surface area contributed by atoms with Crippen molar-refractivity contribution in [3.8, 4) is 5.69 Å². The van der Waals surface area contributed by atoms with Crippen molar-refractivity contribution >= 4 is 23.2 Å². The summed E-state index contributed by atoms with van der Waals surface area (Å²) in [5.74, 6) is 0. The lowest BCUT2D eigenvalue weighted by molar-refractivity contribution is 0.716. The molecule has 0 radical (unpaired) electrons. The molecule has 18 heavy (non-hydrogen) atoms. The van der Waals surface area contributed by atoms with E-state index < -0.39 is 0 Å². The quantitative estimate of drug-likeness (QED) is 0.929. The van der Waals surface area contributed by atoms with Crippen LogP contribution >= 0.6 is 23.2 Å². The molecule has 0 saturated heterocycles. The summed E-state index contributed by atoms with van der Waals surface area (Å²) in [6.45, 7) is 5.55. The van der Waals surface area contributed by atoms with Crippen LogP contribution in [0, 0.1) is 6.92 Å². The summed E-state index contributed by atoms with van der Waals surface area (Å²) in [6.07, 6.45) is 1.80. The largest absolute Gasteiger partial charge is 0.313 e. The van der Waals surface area contributed by atoms with E-state index in [1.807, 2.05) is 25.1 Å². The number of nitrogens with one attached hydrogen (secondary N) is 1. The molecule has 0 aliphatic carbocycles. The van der Waals surface area contributed by atoms with Crippen LogP contribution in [0.15, 0.2) is 24.4 Å². The third-order valence-electron chi connectivity index (χ3n) is 2.73. The molecule has 1 aromatic heterocycles. The molecule has 0 aliphatic heterocycles. The van der Waals surface area contributed by atoms with Gasteiger partial charge in [-0.3, -0.25) is 0 Å². The van der Waals surface area contributed by atoms with Crippen molar-refractivity contribution in [2.24, 2.45) is 0 Å². The number of aromatic nitrogens is 2. The fourth-order valence-corrected chi connectivity index (χ4v) is 2.12. The van der Waals surface area contributed by atoms with Crippen molar-refractivity contribution < 1.29 is 0 Å². The zero-order chi connectivity index (χ0) is 13.1. The molecule has 0 fully saturated rings. The zero-order valence-electron chi connectivity index (χ0n) is 10.4.